The van der Waals surface area contributed by atoms with Gasteiger partial charge < -0.3 is 20.3 Å². The normalized spacial score (nSPS) is 12.9. The summed E-state index contributed by atoms with van der Waals surface area (Å²) in [4.78, 5) is 26.5. The molecule has 154 valence electrons. The van der Waals surface area contributed by atoms with Gasteiger partial charge in [0, 0.05) is 17.8 Å². The van der Waals surface area contributed by atoms with Crippen LogP contribution in [0.1, 0.15) is 23.1 Å². The fourth-order valence-electron chi connectivity index (χ4n) is 3.65. The number of amides is 2. The molecule has 0 aromatic heterocycles. The number of methoxy groups -OCH3 is 1. The van der Waals surface area contributed by atoms with Crippen molar-refractivity contribution in [1.29, 1.82) is 0 Å². The predicted octanol–water partition coefficient (Wildman–Crippen LogP) is 2.96. The Morgan fingerprint density at radius 1 is 1.17 bits per heavy atom. The molecule has 0 spiro atoms. The summed E-state index contributed by atoms with van der Waals surface area (Å²) < 4.78 is 19.4. The highest BCUT2D eigenvalue weighted by Crippen LogP contribution is 2.32. The first-order chi connectivity index (χ1) is 13.9. The number of hydrogen-bond acceptors (Lipinski definition) is 4. The highest BCUT2D eigenvalue weighted by atomic mass is 19.1. The molecule has 0 atom stereocenters. The Morgan fingerprint density at radius 3 is 2.72 bits per heavy atom. The molecule has 1 aliphatic rings. The van der Waals surface area contributed by atoms with Crippen LogP contribution in [0, 0.1) is 19.7 Å². The number of carbonyl (C=O) groups excluding carboxylic acids is 2. The van der Waals surface area contributed by atoms with E-state index in [0.29, 0.717) is 30.0 Å². The summed E-state index contributed by atoms with van der Waals surface area (Å²) in [6.45, 7) is 4.43. The molecule has 0 bridgehead atoms. The molecule has 2 aromatic rings. The lowest BCUT2D eigenvalue weighted by molar-refractivity contribution is -0.123. The molecule has 2 amide bonds. The van der Waals surface area contributed by atoms with Crippen LogP contribution in [0.25, 0.3) is 0 Å². The van der Waals surface area contributed by atoms with E-state index in [9.17, 15) is 14.0 Å². The van der Waals surface area contributed by atoms with E-state index in [1.807, 2.05) is 24.8 Å². The van der Waals surface area contributed by atoms with Gasteiger partial charge in [-0.1, -0.05) is 12.1 Å². The number of fused-ring (bicyclic) bond motifs is 1. The number of nitrogens with one attached hydrogen (secondary N) is 2. The fourth-order valence-corrected chi connectivity index (χ4v) is 3.65. The summed E-state index contributed by atoms with van der Waals surface area (Å²) >= 11 is 0. The molecule has 1 heterocycles. The van der Waals surface area contributed by atoms with Crippen LogP contribution >= 0.6 is 0 Å². The maximum atomic E-state index is 14.1. The smallest absolute Gasteiger partial charge is 0.243 e. The summed E-state index contributed by atoms with van der Waals surface area (Å²) in [7, 11) is 1.53. The standard InChI is InChI=1S/C22H26FN3O3/c1-14-6-9-19(29-3)18(11-14)25-20(27)12-24-21(28)13-26-10-4-5-16-17(23)8-7-15(2)22(16)26/h6-9,11H,4-5,10,12-13H2,1-3H3,(H,24,28)(H,25,27). The SMILES string of the molecule is COc1ccc(C)cc1NC(=O)CNC(=O)CN1CCCc2c(F)ccc(C)c21. The molecule has 0 unspecified atom stereocenters. The first-order valence-electron chi connectivity index (χ1n) is 9.63. The zero-order chi connectivity index (χ0) is 21.0. The third-order valence-electron chi connectivity index (χ3n) is 5.01. The topological polar surface area (TPSA) is 70.7 Å². The van der Waals surface area contributed by atoms with Crippen molar-refractivity contribution >= 4 is 23.2 Å². The zero-order valence-electron chi connectivity index (χ0n) is 17.0. The zero-order valence-corrected chi connectivity index (χ0v) is 17.0. The highest BCUT2D eigenvalue weighted by Gasteiger charge is 2.23. The number of aryl methyl sites for hydroxylation is 2. The quantitative estimate of drug-likeness (QED) is 0.784. The van der Waals surface area contributed by atoms with Gasteiger partial charge in [0.05, 0.1) is 25.9 Å². The predicted molar refractivity (Wildman–Crippen MR) is 111 cm³/mol. The summed E-state index contributed by atoms with van der Waals surface area (Å²) in [5.74, 6) is -0.309. The minimum Gasteiger partial charge on any atom is -0.495 e. The maximum Gasteiger partial charge on any atom is 0.243 e. The Labute approximate surface area is 170 Å². The lowest BCUT2D eigenvalue weighted by atomic mass is 9.97. The Kier molecular flexibility index (Phi) is 6.36. The number of halogens is 1. The summed E-state index contributed by atoms with van der Waals surface area (Å²) in [6.07, 6.45) is 1.45. The van der Waals surface area contributed by atoms with Crippen LogP contribution in [0.3, 0.4) is 0 Å². The maximum absolute atomic E-state index is 14.1. The third-order valence-corrected chi connectivity index (χ3v) is 5.01. The largest absolute Gasteiger partial charge is 0.495 e. The number of benzene rings is 2. The molecule has 0 saturated heterocycles. The van der Waals surface area contributed by atoms with E-state index >= 15 is 0 Å². The van der Waals surface area contributed by atoms with Gasteiger partial charge >= 0.3 is 0 Å². The molecule has 2 N–H and O–H groups in total. The van der Waals surface area contributed by atoms with Crippen molar-refractivity contribution in [3.8, 4) is 5.75 Å². The summed E-state index contributed by atoms with van der Waals surface area (Å²) in [5.41, 5.74) is 3.94. The van der Waals surface area contributed by atoms with Crippen LogP contribution in [-0.2, 0) is 16.0 Å². The summed E-state index contributed by atoms with van der Waals surface area (Å²) in [5, 5.41) is 5.39. The number of anilines is 2. The van der Waals surface area contributed by atoms with Crippen LogP contribution in [0.15, 0.2) is 30.3 Å². The molecule has 0 aliphatic carbocycles. The van der Waals surface area contributed by atoms with Gasteiger partial charge in [-0.3, -0.25) is 9.59 Å². The van der Waals surface area contributed by atoms with Crippen molar-refractivity contribution in [2.75, 3.05) is 37.0 Å². The molecule has 29 heavy (non-hydrogen) atoms. The molecule has 2 aromatic carbocycles. The fraction of sp³-hybridized carbons (Fsp3) is 0.364. The van der Waals surface area contributed by atoms with Crippen LogP contribution in [0.4, 0.5) is 15.8 Å². The van der Waals surface area contributed by atoms with Crippen LogP contribution in [0.2, 0.25) is 0 Å². The van der Waals surface area contributed by atoms with Gasteiger partial charge in [-0.15, -0.1) is 0 Å². The molecule has 0 fully saturated rings. The first kappa shape index (κ1) is 20.6. The minimum absolute atomic E-state index is 0.0817. The first-order valence-corrected chi connectivity index (χ1v) is 9.63. The van der Waals surface area contributed by atoms with E-state index in [1.165, 1.54) is 13.2 Å². The number of hydrogen-bond donors (Lipinski definition) is 2. The Morgan fingerprint density at radius 2 is 1.97 bits per heavy atom. The van der Waals surface area contributed by atoms with Crippen molar-refractivity contribution in [3.63, 3.8) is 0 Å². The van der Waals surface area contributed by atoms with Gasteiger partial charge in [-0.25, -0.2) is 4.39 Å². The average molecular weight is 399 g/mol. The number of nitrogens with zero attached hydrogens (tertiary/aromatic N) is 1. The lowest BCUT2D eigenvalue weighted by Gasteiger charge is -2.32. The second-order valence-corrected chi connectivity index (χ2v) is 7.25. The summed E-state index contributed by atoms with van der Waals surface area (Å²) in [6, 6.07) is 8.67. The van der Waals surface area contributed by atoms with Crippen molar-refractivity contribution < 1.29 is 18.7 Å². The second kappa shape index (κ2) is 8.94. The van der Waals surface area contributed by atoms with Gasteiger partial charge in [0.15, 0.2) is 0 Å². The van der Waals surface area contributed by atoms with Crippen LogP contribution in [-0.4, -0.2) is 38.6 Å². The molecule has 6 nitrogen and oxygen atoms in total. The van der Waals surface area contributed by atoms with E-state index in [4.69, 9.17) is 4.74 Å². The minimum atomic E-state index is -0.344. The van der Waals surface area contributed by atoms with Gasteiger partial charge in [0.1, 0.15) is 11.6 Å². The monoisotopic (exact) mass is 399 g/mol. The molecule has 1 aliphatic heterocycles. The van der Waals surface area contributed by atoms with Crippen LogP contribution in [0.5, 0.6) is 5.75 Å². The second-order valence-electron chi connectivity index (χ2n) is 7.25. The van der Waals surface area contributed by atoms with E-state index in [2.05, 4.69) is 10.6 Å². The van der Waals surface area contributed by atoms with Crippen LogP contribution < -0.4 is 20.3 Å². The highest BCUT2D eigenvalue weighted by molar-refractivity contribution is 5.96. The van der Waals surface area contributed by atoms with Gasteiger partial charge in [-0.2, -0.15) is 0 Å². The lowest BCUT2D eigenvalue weighted by Crippen LogP contribution is -2.42. The van der Waals surface area contributed by atoms with Crippen molar-refractivity contribution in [3.05, 3.63) is 52.8 Å². The number of rotatable bonds is 6. The number of ether oxygens (including phenoxy) is 1. The molecular formula is C22H26FN3O3. The molecule has 0 saturated carbocycles. The Balaban J connectivity index is 1.58. The molecule has 7 heteroatoms. The van der Waals surface area contributed by atoms with Crippen molar-refractivity contribution in [2.45, 2.75) is 26.7 Å². The Bertz CT molecular complexity index is 930. The number of carbonyl (C=O) groups is 2. The third kappa shape index (κ3) is 4.85. The van der Waals surface area contributed by atoms with Gasteiger partial charge in [-0.05, 0) is 56.0 Å². The molecule has 3 rings (SSSR count). The van der Waals surface area contributed by atoms with E-state index in [-0.39, 0.29) is 30.7 Å². The van der Waals surface area contributed by atoms with Gasteiger partial charge in [0.2, 0.25) is 11.8 Å². The van der Waals surface area contributed by atoms with E-state index in [1.54, 1.807) is 18.2 Å². The van der Waals surface area contributed by atoms with E-state index in [0.717, 1.165) is 23.2 Å². The van der Waals surface area contributed by atoms with Crippen molar-refractivity contribution in [1.82, 2.24) is 5.32 Å². The molecule has 0 radical (unpaired) electrons. The van der Waals surface area contributed by atoms with E-state index < -0.39 is 0 Å². The van der Waals surface area contributed by atoms with Crippen molar-refractivity contribution in [2.24, 2.45) is 0 Å². The van der Waals surface area contributed by atoms with Gasteiger partial charge in [0.25, 0.3) is 0 Å². The molecular weight excluding hydrogens is 373 g/mol. The average Bonchev–Trinajstić information content (AvgIpc) is 2.69. The Hall–Kier alpha value is -3.09.